The predicted octanol–water partition coefficient (Wildman–Crippen LogP) is 3.83. The van der Waals surface area contributed by atoms with Crippen LogP contribution in [0.5, 0.6) is 0 Å². The maximum Gasteiger partial charge on any atom is 0.303 e. The van der Waals surface area contributed by atoms with Crippen molar-refractivity contribution in [1.29, 1.82) is 0 Å². The Morgan fingerprint density at radius 2 is 1.82 bits per heavy atom. The fourth-order valence-corrected chi connectivity index (χ4v) is 2.99. The van der Waals surface area contributed by atoms with E-state index in [0.717, 1.165) is 12.8 Å². The molecule has 1 N–H and O–H groups in total. The van der Waals surface area contributed by atoms with Gasteiger partial charge in [-0.1, -0.05) is 49.6 Å². The molecule has 2 unspecified atom stereocenters. The zero-order valence-electron chi connectivity index (χ0n) is 10.1. The second kappa shape index (κ2) is 5.85. The molecule has 0 radical (unpaired) electrons. The van der Waals surface area contributed by atoms with Crippen molar-refractivity contribution in [3.05, 3.63) is 35.9 Å². The zero-order chi connectivity index (χ0) is 12.1. The van der Waals surface area contributed by atoms with Gasteiger partial charge in [0, 0.05) is 6.42 Å². The minimum absolute atomic E-state index is 0.317. The lowest BCUT2D eigenvalue weighted by Gasteiger charge is -2.24. The van der Waals surface area contributed by atoms with Crippen LogP contribution in [-0.2, 0) is 4.79 Å². The molecule has 92 valence electrons. The molecular weight excluding hydrogens is 212 g/mol. The third kappa shape index (κ3) is 3.32. The number of carbonyl (C=O) groups is 1. The number of hydrogen-bond donors (Lipinski definition) is 1. The van der Waals surface area contributed by atoms with Crippen molar-refractivity contribution in [1.82, 2.24) is 0 Å². The van der Waals surface area contributed by atoms with E-state index in [0.29, 0.717) is 18.3 Å². The first kappa shape index (κ1) is 12.2. The average molecular weight is 232 g/mol. The van der Waals surface area contributed by atoms with Crippen LogP contribution in [0, 0.1) is 5.92 Å². The maximum absolute atomic E-state index is 11.0. The molecule has 2 atom stereocenters. The highest BCUT2D eigenvalue weighted by Gasteiger charge is 2.26. The summed E-state index contributed by atoms with van der Waals surface area (Å²) >= 11 is 0. The molecule has 0 aromatic heterocycles. The van der Waals surface area contributed by atoms with Crippen LogP contribution in [0.3, 0.4) is 0 Å². The van der Waals surface area contributed by atoms with Gasteiger partial charge in [-0.3, -0.25) is 4.79 Å². The summed E-state index contributed by atoms with van der Waals surface area (Å²) in [6, 6.07) is 10.4. The van der Waals surface area contributed by atoms with Crippen molar-refractivity contribution in [3.63, 3.8) is 0 Å². The summed E-state index contributed by atoms with van der Waals surface area (Å²) in [5.74, 6) is 0.102. The first-order valence-corrected chi connectivity index (χ1v) is 6.54. The van der Waals surface area contributed by atoms with E-state index in [1.54, 1.807) is 0 Å². The van der Waals surface area contributed by atoms with E-state index in [1.807, 2.05) is 6.07 Å². The van der Waals surface area contributed by atoms with Gasteiger partial charge in [0.1, 0.15) is 0 Å². The van der Waals surface area contributed by atoms with Crippen LogP contribution in [0.2, 0.25) is 0 Å². The Morgan fingerprint density at radius 1 is 1.12 bits per heavy atom. The van der Waals surface area contributed by atoms with Gasteiger partial charge >= 0.3 is 5.97 Å². The maximum atomic E-state index is 11.0. The summed E-state index contributed by atoms with van der Waals surface area (Å²) < 4.78 is 0. The quantitative estimate of drug-likeness (QED) is 0.804. The second-order valence-electron chi connectivity index (χ2n) is 5.01. The Balaban J connectivity index is 2.17. The first-order chi connectivity index (χ1) is 8.27. The monoisotopic (exact) mass is 232 g/mol. The topological polar surface area (TPSA) is 37.3 Å². The molecule has 1 fully saturated rings. The van der Waals surface area contributed by atoms with E-state index in [4.69, 9.17) is 5.11 Å². The van der Waals surface area contributed by atoms with Crippen LogP contribution in [-0.4, -0.2) is 11.1 Å². The minimum Gasteiger partial charge on any atom is -0.481 e. The molecule has 2 nitrogen and oxygen atoms in total. The van der Waals surface area contributed by atoms with Crippen molar-refractivity contribution >= 4 is 5.97 Å². The smallest absolute Gasteiger partial charge is 0.303 e. The zero-order valence-corrected chi connectivity index (χ0v) is 10.1. The lowest BCUT2D eigenvalue weighted by molar-refractivity contribution is -0.138. The Bertz CT molecular complexity index is 358. The lowest BCUT2D eigenvalue weighted by Crippen LogP contribution is -2.15. The number of rotatable bonds is 3. The van der Waals surface area contributed by atoms with Gasteiger partial charge in [0.05, 0.1) is 0 Å². The van der Waals surface area contributed by atoms with E-state index in [2.05, 4.69) is 24.3 Å². The van der Waals surface area contributed by atoms with E-state index >= 15 is 0 Å². The lowest BCUT2D eigenvalue weighted by atomic mass is 9.80. The fourth-order valence-electron chi connectivity index (χ4n) is 2.99. The molecule has 1 saturated carbocycles. The van der Waals surface area contributed by atoms with E-state index in [1.165, 1.54) is 24.8 Å². The van der Waals surface area contributed by atoms with Crippen molar-refractivity contribution in [2.45, 2.75) is 44.4 Å². The molecule has 0 amide bonds. The van der Waals surface area contributed by atoms with Crippen molar-refractivity contribution in [2.75, 3.05) is 0 Å². The van der Waals surface area contributed by atoms with Gasteiger partial charge in [-0.15, -0.1) is 0 Å². The van der Waals surface area contributed by atoms with Crippen LogP contribution in [0.1, 0.15) is 50.0 Å². The standard InChI is InChI=1S/C15H20O2/c16-15(17)11-13-9-5-2-6-10-14(13)12-7-3-1-4-8-12/h1,3-4,7-8,13-14H,2,5-6,9-11H2,(H,16,17). The number of carboxylic acid groups (broad SMARTS) is 1. The molecule has 2 heteroatoms. The van der Waals surface area contributed by atoms with Gasteiger partial charge in [-0.25, -0.2) is 0 Å². The molecule has 1 aliphatic rings. The van der Waals surface area contributed by atoms with Gasteiger partial charge < -0.3 is 5.11 Å². The summed E-state index contributed by atoms with van der Waals surface area (Å²) in [5, 5.41) is 9.02. The van der Waals surface area contributed by atoms with E-state index in [9.17, 15) is 4.79 Å². The highest BCUT2D eigenvalue weighted by atomic mass is 16.4. The van der Waals surface area contributed by atoms with Gasteiger partial charge in [-0.2, -0.15) is 0 Å². The molecule has 1 aromatic carbocycles. The van der Waals surface area contributed by atoms with Crippen LogP contribution < -0.4 is 0 Å². The van der Waals surface area contributed by atoms with Gasteiger partial charge in [0.15, 0.2) is 0 Å². The Morgan fingerprint density at radius 3 is 2.53 bits per heavy atom. The normalized spacial score (nSPS) is 25.2. The number of carboxylic acids is 1. The summed E-state index contributed by atoms with van der Waals surface area (Å²) in [4.78, 5) is 11.0. The minimum atomic E-state index is -0.655. The molecule has 0 aliphatic heterocycles. The third-order valence-electron chi connectivity index (χ3n) is 3.82. The number of hydrogen-bond acceptors (Lipinski definition) is 1. The van der Waals surface area contributed by atoms with Crippen molar-refractivity contribution in [3.8, 4) is 0 Å². The summed E-state index contributed by atoms with van der Waals surface area (Å²) in [6.07, 6.45) is 6.18. The molecule has 1 aromatic rings. The van der Waals surface area contributed by atoms with E-state index < -0.39 is 5.97 Å². The first-order valence-electron chi connectivity index (χ1n) is 6.54. The average Bonchev–Trinajstić information content (AvgIpc) is 2.55. The van der Waals surface area contributed by atoms with Gasteiger partial charge in [0.25, 0.3) is 0 Å². The largest absolute Gasteiger partial charge is 0.481 e. The van der Waals surface area contributed by atoms with Crippen LogP contribution in [0.15, 0.2) is 30.3 Å². The molecule has 0 spiro atoms. The van der Waals surface area contributed by atoms with Crippen LogP contribution in [0.4, 0.5) is 0 Å². The van der Waals surface area contributed by atoms with Gasteiger partial charge in [-0.05, 0) is 30.2 Å². The van der Waals surface area contributed by atoms with Crippen LogP contribution in [0.25, 0.3) is 0 Å². The van der Waals surface area contributed by atoms with Gasteiger partial charge in [0.2, 0.25) is 0 Å². The molecule has 0 saturated heterocycles. The van der Waals surface area contributed by atoms with Crippen LogP contribution >= 0.6 is 0 Å². The molecule has 17 heavy (non-hydrogen) atoms. The van der Waals surface area contributed by atoms with Crippen molar-refractivity contribution < 1.29 is 9.90 Å². The summed E-state index contributed by atoms with van der Waals surface area (Å²) in [5.41, 5.74) is 1.32. The Hall–Kier alpha value is -1.31. The number of benzene rings is 1. The fraction of sp³-hybridized carbons (Fsp3) is 0.533. The second-order valence-corrected chi connectivity index (χ2v) is 5.01. The van der Waals surface area contributed by atoms with E-state index in [-0.39, 0.29) is 0 Å². The molecule has 2 rings (SSSR count). The Labute approximate surface area is 103 Å². The highest BCUT2D eigenvalue weighted by Crippen LogP contribution is 2.38. The van der Waals surface area contributed by atoms with Crippen molar-refractivity contribution in [2.24, 2.45) is 5.92 Å². The third-order valence-corrected chi connectivity index (χ3v) is 3.82. The predicted molar refractivity (Wildman–Crippen MR) is 68.0 cm³/mol. The summed E-state index contributed by atoms with van der Waals surface area (Å²) in [6.45, 7) is 0. The highest BCUT2D eigenvalue weighted by molar-refractivity contribution is 5.67. The SMILES string of the molecule is O=C(O)CC1CCCCCC1c1ccccc1. The Kier molecular flexibility index (Phi) is 4.18. The molecule has 0 heterocycles. The molecule has 0 bridgehead atoms. The summed E-state index contributed by atoms with van der Waals surface area (Å²) in [7, 11) is 0. The number of aliphatic carboxylic acids is 1. The molecular formula is C15H20O2. The molecule has 1 aliphatic carbocycles.